The van der Waals surface area contributed by atoms with E-state index in [9.17, 15) is 13.2 Å². The summed E-state index contributed by atoms with van der Waals surface area (Å²) in [6.45, 7) is 1.86. The summed E-state index contributed by atoms with van der Waals surface area (Å²) >= 11 is 0. The van der Waals surface area contributed by atoms with Crippen molar-refractivity contribution in [3.05, 3.63) is 35.5 Å². The number of Topliss-reactive ketones (excluding diaryl/α,β-unsaturated/α-hetero) is 1. The molecule has 1 fully saturated rings. The number of aryl methyl sites for hydroxylation is 1. The number of aromatic nitrogens is 1. The quantitative estimate of drug-likeness (QED) is 0.855. The van der Waals surface area contributed by atoms with Gasteiger partial charge in [0.2, 0.25) is 0 Å². The van der Waals surface area contributed by atoms with Crippen LogP contribution in [0.25, 0.3) is 10.9 Å². The van der Waals surface area contributed by atoms with E-state index in [2.05, 4.69) is 4.98 Å². The number of hydrogen-bond donors (Lipinski definition) is 1. The Bertz CT molecular complexity index is 758. The van der Waals surface area contributed by atoms with Gasteiger partial charge in [0, 0.05) is 28.1 Å². The van der Waals surface area contributed by atoms with Crippen LogP contribution in [0, 0.1) is 12.8 Å². The number of ketones is 1. The molecule has 1 aliphatic rings. The fourth-order valence-corrected chi connectivity index (χ4v) is 4.54. The molecule has 1 atom stereocenters. The molecule has 2 heterocycles. The minimum atomic E-state index is -3.03. The van der Waals surface area contributed by atoms with E-state index in [1.165, 1.54) is 0 Å². The standard InChI is InChI=1S/C14H15NO3S/c1-9-13(11-4-2-3-5-12(11)15-9)14(16)10-6-7-19(17,18)8-10/h2-5,10,15H,6-8H2,1H3. The molecular weight excluding hydrogens is 262 g/mol. The molecule has 3 rings (SSSR count). The molecular formula is C14H15NO3S. The first-order chi connectivity index (χ1) is 8.98. The molecule has 0 bridgehead atoms. The van der Waals surface area contributed by atoms with Crippen LogP contribution in [0.5, 0.6) is 0 Å². The maximum Gasteiger partial charge on any atom is 0.169 e. The van der Waals surface area contributed by atoms with Gasteiger partial charge in [-0.3, -0.25) is 4.79 Å². The fourth-order valence-electron chi connectivity index (χ4n) is 2.80. The van der Waals surface area contributed by atoms with Crippen LogP contribution in [0.3, 0.4) is 0 Å². The lowest BCUT2D eigenvalue weighted by Gasteiger charge is -2.06. The Balaban J connectivity index is 2.05. The van der Waals surface area contributed by atoms with E-state index in [1.54, 1.807) is 0 Å². The Morgan fingerprint density at radius 3 is 2.74 bits per heavy atom. The van der Waals surface area contributed by atoms with Crippen molar-refractivity contribution >= 4 is 26.5 Å². The van der Waals surface area contributed by atoms with Gasteiger partial charge in [-0.15, -0.1) is 0 Å². The topological polar surface area (TPSA) is 67.0 Å². The summed E-state index contributed by atoms with van der Waals surface area (Å²) in [5, 5.41) is 0.884. The zero-order valence-electron chi connectivity index (χ0n) is 10.6. The maximum atomic E-state index is 12.5. The highest BCUT2D eigenvalue weighted by atomic mass is 32.2. The molecule has 0 aliphatic carbocycles. The highest BCUT2D eigenvalue weighted by Crippen LogP contribution is 2.29. The highest BCUT2D eigenvalue weighted by Gasteiger charge is 2.34. The Hall–Kier alpha value is -1.62. The van der Waals surface area contributed by atoms with E-state index in [-0.39, 0.29) is 23.2 Å². The SMILES string of the molecule is Cc1[nH]c2ccccc2c1C(=O)C1CCS(=O)(=O)C1. The predicted molar refractivity (Wildman–Crippen MR) is 74.1 cm³/mol. The Morgan fingerprint density at radius 1 is 1.32 bits per heavy atom. The zero-order valence-corrected chi connectivity index (χ0v) is 11.5. The molecule has 4 nitrogen and oxygen atoms in total. The highest BCUT2D eigenvalue weighted by molar-refractivity contribution is 7.91. The second kappa shape index (κ2) is 4.20. The van der Waals surface area contributed by atoms with Gasteiger partial charge in [0.1, 0.15) is 0 Å². The lowest BCUT2D eigenvalue weighted by molar-refractivity contribution is 0.0934. The molecule has 0 saturated carbocycles. The first-order valence-electron chi connectivity index (χ1n) is 6.30. The van der Waals surface area contributed by atoms with Crippen LogP contribution in [0.4, 0.5) is 0 Å². The monoisotopic (exact) mass is 277 g/mol. The van der Waals surface area contributed by atoms with Crippen LogP contribution < -0.4 is 0 Å². The van der Waals surface area contributed by atoms with E-state index in [0.717, 1.165) is 16.6 Å². The number of carbonyl (C=O) groups is 1. The summed E-state index contributed by atoms with van der Waals surface area (Å²) in [7, 11) is -3.03. The van der Waals surface area contributed by atoms with Crippen LogP contribution in [-0.2, 0) is 9.84 Å². The number of fused-ring (bicyclic) bond motifs is 1. The fraction of sp³-hybridized carbons (Fsp3) is 0.357. The first kappa shape index (κ1) is 12.4. The van der Waals surface area contributed by atoms with Gasteiger partial charge in [0.25, 0.3) is 0 Å². The summed E-state index contributed by atoms with van der Waals surface area (Å²) in [6.07, 6.45) is 0.445. The molecule has 0 spiro atoms. The minimum absolute atomic E-state index is 0.00915. The first-order valence-corrected chi connectivity index (χ1v) is 8.12. The number of carbonyl (C=O) groups excluding carboxylic acids is 1. The summed E-state index contributed by atoms with van der Waals surface area (Å²) in [6, 6.07) is 7.62. The van der Waals surface area contributed by atoms with Crippen molar-refractivity contribution < 1.29 is 13.2 Å². The molecule has 5 heteroatoms. The average molecular weight is 277 g/mol. The van der Waals surface area contributed by atoms with Crippen LogP contribution in [0.15, 0.2) is 24.3 Å². The smallest absolute Gasteiger partial charge is 0.169 e. The van der Waals surface area contributed by atoms with E-state index in [4.69, 9.17) is 0 Å². The summed E-state index contributed by atoms with van der Waals surface area (Å²) in [5.74, 6) is -0.311. The number of rotatable bonds is 2. The number of benzene rings is 1. The van der Waals surface area contributed by atoms with Gasteiger partial charge in [-0.1, -0.05) is 18.2 Å². The maximum absolute atomic E-state index is 12.5. The number of aromatic amines is 1. The number of sulfone groups is 1. The lowest BCUT2D eigenvalue weighted by atomic mass is 9.95. The third-order valence-corrected chi connectivity index (χ3v) is 5.51. The third-order valence-electron chi connectivity index (χ3n) is 3.74. The molecule has 2 aromatic rings. The van der Waals surface area contributed by atoms with Gasteiger partial charge in [0.15, 0.2) is 15.6 Å². The van der Waals surface area contributed by atoms with Crippen molar-refractivity contribution in [1.82, 2.24) is 4.98 Å². The zero-order chi connectivity index (χ0) is 13.6. The molecule has 0 amide bonds. The van der Waals surface area contributed by atoms with Gasteiger partial charge in [0.05, 0.1) is 11.5 Å². The largest absolute Gasteiger partial charge is 0.358 e. The minimum Gasteiger partial charge on any atom is -0.358 e. The van der Waals surface area contributed by atoms with Crippen molar-refractivity contribution in [2.45, 2.75) is 13.3 Å². The predicted octanol–water partition coefficient (Wildman–Crippen LogP) is 2.09. The van der Waals surface area contributed by atoms with Gasteiger partial charge >= 0.3 is 0 Å². The number of nitrogens with one attached hydrogen (secondary N) is 1. The second-order valence-corrected chi connectivity index (χ2v) is 7.36. The second-order valence-electron chi connectivity index (χ2n) is 5.13. The van der Waals surface area contributed by atoms with Gasteiger partial charge < -0.3 is 4.98 Å². The molecule has 19 heavy (non-hydrogen) atoms. The van der Waals surface area contributed by atoms with Gasteiger partial charge in [-0.25, -0.2) is 8.42 Å². The number of H-pyrrole nitrogens is 1. The van der Waals surface area contributed by atoms with E-state index in [0.29, 0.717) is 12.0 Å². The molecule has 1 unspecified atom stereocenters. The van der Waals surface area contributed by atoms with E-state index in [1.807, 2.05) is 31.2 Å². The Kier molecular flexibility index (Phi) is 2.74. The average Bonchev–Trinajstić information content (AvgIpc) is 2.87. The summed E-state index contributed by atoms with van der Waals surface area (Å²) in [5.41, 5.74) is 2.39. The molecule has 0 radical (unpaired) electrons. The molecule has 1 aromatic heterocycles. The molecule has 100 valence electrons. The Labute approximate surface area is 111 Å². The van der Waals surface area contributed by atoms with Crippen LogP contribution in [0.2, 0.25) is 0 Å². The van der Waals surface area contributed by atoms with Gasteiger partial charge in [-0.05, 0) is 19.4 Å². The van der Waals surface area contributed by atoms with Crippen LogP contribution in [0.1, 0.15) is 22.5 Å². The molecule has 1 aromatic carbocycles. The van der Waals surface area contributed by atoms with Crippen LogP contribution in [-0.4, -0.2) is 30.7 Å². The molecule has 1 saturated heterocycles. The normalized spacial score (nSPS) is 21.8. The van der Waals surface area contributed by atoms with Crippen LogP contribution >= 0.6 is 0 Å². The van der Waals surface area contributed by atoms with Crippen molar-refractivity contribution in [1.29, 1.82) is 0 Å². The Morgan fingerprint density at radius 2 is 2.05 bits per heavy atom. The summed E-state index contributed by atoms with van der Waals surface area (Å²) < 4.78 is 23.0. The molecule has 1 aliphatic heterocycles. The van der Waals surface area contributed by atoms with Crippen molar-refractivity contribution in [3.8, 4) is 0 Å². The van der Waals surface area contributed by atoms with E-state index < -0.39 is 9.84 Å². The van der Waals surface area contributed by atoms with E-state index >= 15 is 0 Å². The van der Waals surface area contributed by atoms with Crippen molar-refractivity contribution in [3.63, 3.8) is 0 Å². The third kappa shape index (κ3) is 2.08. The summed E-state index contributed by atoms with van der Waals surface area (Å²) in [4.78, 5) is 15.7. The number of para-hydroxylation sites is 1. The van der Waals surface area contributed by atoms with Crippen molar-refractivity contribution in [2.75, 3.05) is 11.5 Å². The number of hydrogen-bond acceptors (Lipinski definition) is 3. The van der Waals surface area contributed by atoms with Crippen molar-refractivity contribution in [2.24, 2.45) is 5.92 Å². The lowest BCUT2D eigenvalue weighted by Crippen LogP contribution is -2.16. The molecule has 1 N–H and O–H groups in total. The van der Waals surface area contributed by atoms with Gasteiger partial charge in [-0.2, -0.15) is 0 Å².